The summed E-state index contributed by atoms with van der Waals surface area (Å²) in [6.45, 7) is 1.78. The molecule has 0 heterocycles. The maximum absolute atomic E-state index is 12.1. The lowest BCUT2D eigenvalue weighted by Gasteiger charge is -2.19. The van der Waals surface area contributed by atoms with E-state index in [9.17, 15) is 18.3 Å². The van der Waals surface area contributed by atoms with E-state index in [4.69, 9.17) is 4.74 Å². The molecule has 2 unspecified atom stereocenters. The molecule has 0 aromatic heterocycles. The predicted octanol–water partition coefficient (Wildman–Crippen LogP) is 2.24. The van der Waals surface area contributed by atoms with E-state index in [0.29, 0.717) is 0 Å². The third-order valence-corrected chi connectivity index (χ3v) is 3.07. The number of alkyl halides is 3. The lowest BCUT2D eigenvalue weighted by atomic mass is 10.2. The molecular formula is C12H22F3NO2. The van der Waals surface area contributed by atoms with E-state index < -0.39 is 24.7 Å². The molecule has 1 saturated carbocycles. The van der Waals surface area contributed by atoms with Gasteiger partial charge in [-0.05, 0) is 19.8 Å². The zero-order valence-corrected chi connectivity index (χ0v) is 10.7. The van der Waals surface area contributed by atoms with Crippen molar-refractivity contribution in [2.45, 2.75) is 63.5 Å². The molecule has 0 aliphatic heterocycles. The van der Waals surface area contributed by atoms with Gasteiger partial charge in [0.2, 0.25) is 0 Å². The fraction of sp³-hybridized carbons (Fsp3) is 1.00. The summed E-state index contributed by atoms with van der Waals surface area (Å²) in [4.78, 5) is 0. The van der Waals surface area contributed by atoms with Crippen molar-refractivity contribution in [2.24, 2.45) is 0 Å². The van der Waals surface area contributed by atoms with Crippen LogP contribution < -0.4 is 5.32 Å². The Morgan fingerprint density at radius 1 is 1.33 bits per heavy atom. The van der Waals surface area contributed by atoms with Crippen LogP contribution in [0.1, 0.15) is 39.0 Å². The highest BCUT2D eigenvalue weighted by Gasteiger charge is 2.29. The van der Waals surface area contributed by atoms with Gasteiger partial charge < -0.3 is 15.2 Å². The molecule has 0 saturated heterocycles. The van der Waals surface area contributed by atoms with Crippen LogP contribution in [0.15, 0.2) is 0 Å². The number of hydrogen-bond acceptors (Lipinski definition) is 3. The highest BCUT2D eigenvalue weighted by atomic mass is 19.4. The van der Waals surface area contributed by atoms with E-state index in [2.05, 4.69) is 5.32 Å². The standard InChI is InChI=1S/C12H22F3NO2/c1-9(6-12(13,14)15)16-7-10(17)8-18-11-4-2-3-5-11/h9-11,16-17H,2-8H2,1H3. The molecule has 1 aliphatic carbocycles. The Morgan fingerprint density at radius 3 is 2.50 bits per heavy atom. The third kappa shape index (κ3) is 7.18. The number of halogens is 3. The average Bonchev–Trinajstić information content (AvgIpc) is 2.74. The van der Waals surface area contributed by atoms with Gasteiger partial charge in [0.05, 0.1) is 25.2 Å². The quantitative estimate of drug-likeness (QED) is 0.744. The van der Waals surface area contributed by atoms with Gasteiger partial charge >= 0.3 is 6.18 Å². The van der Waals surface area contributed by atoms with Crippen molar-refractivity contribution in [3.63, 3.8) is 0 Å². The number of ether oxygens (including phenoxy) is 1. The molecule has 1 rings (SSSR count). The van der Waals surface area contributed by atoms with Gasteiger partial charge in [-0.25, -0.2) is 0 Å². The summed E-state index contributed by atoms with van der Waals surface area (Å²) in [5, 5.41) is 12.3. The first-order chi connectivity index (χ1) is 8.37. The molecule has 18 heavy (non-hydrogen) atoms. The number of rotatable bonds is 7. The first-order valence-electron chi connectivity index (χ1n) is 6.46. The van der Waals surface area contributed by atoms with E-state index in [1.165, 1.54) is 6.92 Å². The molecule has 0 bridgehead atoms. The normalized spacial score (nSPS) is 21.2. The second-order valence-electron chi connectivity index (χ2n) is 5.02. The van der Waals surface area contributed by atoms with Gasteiger partial charge in [0.15, 0.2) is 0 Å². The molecule has 0 amide bonds. The van der Waals surface area contributed by atoms with Gasteiger partial charge in [0.1, 0.15) is 0 Å². The number of nitrogens with one attached hydrogen (secondary N) is 1. The Kier molecular flexibility index (Phi) is 6.38. The minimum absolute atomic E-state index is 0.129. The van der Waals surface area contributed by atoms with Crippen LogP contribution in [-0.2, 0) is 4.74 Å². The van der Waals surface area contributed by atoms with Crippen LogP contribution >= 0.6 is 0 Å². The van der Waals surface area contributed by atoms with Crippen molar-refractivity contribution >= 4 is 0 Å². The van der Waals surface area contributed by atoms with Crippen LogP contribution in [0.25, 0.3) is 0 Å². The van der Waals surface area contributed by atoms with Gasteiger partial charge in [-0.2, -0.15) is 13.2 Å². The molecule has 2 N–H and O–H groups in total. The summed E-state index contributed by atoms with van der Waals surface area (Å²) in [6, 6.07) is -0.689. The van der Waals surface area contributed by atoms with Crippen LogP contribution in [0.5, 0.6) is 0 Å². The summed E-state index contributed by atoms with van der Waals surface area (Å²) < 4.78 is 41.7. The Labute approximate surface area is 106 Å². The molecule has 6 heteroatoms. The number of aliphatic hydroxyl groups is 1. The average molecular weight is 269 g/mol. The van der Waals surface area contributed by atoms with Crippen molar-refractivity contribution < 1.29 is 23.0 Å². The van der Waals surface area contributed by atoms with E-state index in [1.807, 2.05) is 0 Å². The van der Waals surface area contributed by atoms with Gasteiger partial charge in [-0.1, -0.05) is 12.8 Å². The molecule has 0 radical (unpaired) electrons. The van der Waals surface area contributed by atoms with Crippen LogP contribution in [0, 0.1) is 0 Å². The molecular weight excluding hydrogens is 247 g/mol. The summed E-state index contributed by atoms with van der Waals surface area (Å²) in [5.74, 6) is 0. The smallest absolute Gasteiger partial charge is 0.389 e. The lowest BCUT2D eigenvalue weighted by molar-refractivity contribution is -0.139. The van der Waals surface area contributed by atoms with Crippen molar-refractivity contribution in [3.8, 4) is 0 Å². The fourth-order valence-corrected chi connectivity index (χ4v) is 2.12. The zero-order valence-electron chi connectivity index (χ0n) is 10.7. The second kappa shape index (κ2) is 7.31. The van der Waals surface area contributed by atoms with E-state index >= 15 is 0 Å². The molecule has 3 nitrogen and oxygen atoms in total. The molecule has 0 spiro atoms. The van der Waals surface area contributed by atoms with Crippen molar-refractivity contribution in [1.29, 1.82) is 0 Å². The molecule has 108 valence electrons. The van der Waals surface area contributed by atoms with Gasteiger partial charge in [0, 0.05) is 12.6 Å². The summed E-state index contributed by atoms with van der Waals surface area (Å²) >= 11 is 0. The topological polar surface area (TPSA) is 41.5 Å². The minimum atomic E-state index is -4.17. The summed E-state index contributed by atoms with van der Waals surface area (Å²) in [6.07, 6.45) is -1.24. The predicted molar refractivity (Wildman–Crippen MR) is 62.4 cm³/mol. The highest BCUT2D eigenvalue weighted by Crippen LogP contribution is 2.22. The van der Waals surface area contributed by atoms with Gasteiger partial charge in [0.25, 0.3) is 0 Å². The number of aliphatic hydroxyl groups excluding tert-OH is 1. The van der Waals surface area contributed by atoms with Crippen molar-refractivity contribution in [3.05, 3.63) is 0 Å². The molecule has 2 atom stereocenters. The summed E-state index contributed by atoms with van der Waals surface area (Å²) in [7, 11) is 0. The Balaban J connectivity index is 2.06. The Bertz CT molecular complexity index is 230. The first kappa shape index (κ1) is 15.7. The maximum atomic E-state index is 12.1. The van der Waals surface area contributed by atoms with Crippen LogP contribution in [-0.4, -0.2) is 42.7 Å². The Hall–Kier alpha value is -0.330. The molecule has 1 fully saturated rings. The van der Waals surface area contributed by atoms with Crippen molar-refractivity contribution in [1.82, 2.24) is 5.32 Å². The SMILES string of the molecule is CC(CC(F)(F)F)NCC(O)COC1CCCC1. The van der Waals surface area contributed by atoms with Crippen LogP contribution in [0.4, 0.5) is 13.2 Å². The van der Waals surface area contributed by atoms with Crippen molar-refractivity contribution in [2.75, 3.05) is 13.2 Å². The fourth-order valence-electron chi connectivity index (χ4n) is 2.12. The molecule has 0 aromatic rings. The van der Waals surface area contributed by atoms with E-state index in [-0.39, 0.29) is 19.3 Å². The van der Waals surface area contributed by atoms with Gasteiger partial charge in [-0.3, -0.25) is 0 Å². The number of hydrogen-bond donors (Lipinski definition) is 2. The minimum Gasteiger partial charge on any atom is -0.389 e. The molecule has 1 aliphatic rings. The third-order valence-electron chi connectivity index (χ3n) is 3.07. The van der Waals surface area contributed by atoms with Gasteiger partial charge in [-0.15, -0.1) is 0 Å². The highest BCUT2D eigenvalue weighted by molar-refractivity contribution is 4.71. The molecule has 0 aromatic carbocycles. The monoisotopic (exact) mass is 269 g/mol. The Morgan fingerprint density at radius 2 is 1.94 bits per heavy atom. The van der Waals surface area contributed by atoms with E-state index in [0.717, 1.165) is 25.7 Å². The summed E-state index contributed by atoms with van der Waals surface area (Å²) in [5.41, 5.74) is 0. The second-order valence-corrected chi connectivity index (χ2v) is 5.02. The lowest BCUT2D eigenvalue weighted by Crippen LogP contribution is -2.38. The van der Waals surface area contributed by atoms with Crippen LogP contribution in [0.3, 0.4) is 0 Å². The maximum Gasteiger partial charge on any atom is 0.390 e. The first-order valence-corrected chi connectivity index (χ1v) is 6.46. The van der Waals surface area contributed by atoms with E-state index in [1.54, 1.807) is 0 Å². The largest absolute Gasteiger partial charge is 0.390 e. The van der Waals surface area contributed by atoms with Crippen LogP contribution in [0.2, 0.25) is 0 Å². The zero-order chi connectivity index (χ0) is 13.6.